The van der Waals surface area contributed by atoms with Crippen molar-refractivity contribution < 1.29 is 14.4 Å². The van der Waals surface area contributed by atoms with Gasteiger partial charge in [-0.05, 0) is 23.8 Å². The number of nitrogens with zero attached hydrogens (tertiary/aromatic N) is 3. The van der Waals surface area contributed by atoms with Gasteiger partial charge in [0, 0.05) is 28.4 Å². The first-order valence-electron chi connectivity index (χ1n) is 9.02. The molecule has 1 atom stereocenters. The zero-order chi connectivity index (χ0) is 21.1. The summed E-state index contributed by atoms with van der Waals surface area (Å²) in [5.74, 6) is -0.884. The summed E-state index contributed by atoms with van der Waals surface area (Å²) in [4.78, 5) is 46.7. The van der Waals surface area contributed by atoms with Gasteiger partial charge in [0.25, 0.3) is 5.91 Å². The zero-order valence-corrected chi connectivity index (χ0v) is 17.1. The van der Waals surface area contributed by atoms with Crippen molar-refractivity contribution in [3.05, 3.63) is 64.8 Å². The molecule has 1 unspecified atom stereocenters. The summed E-state index contributed by atoms with van der Waals surface area (Å²) >= 11 is 7.38. The van der Waals surface area contributed by atoms with E-state index in [4.69, 9.17) is 11.6 Å². The Bertz CT molecular complexity index is 1100. The number of hydrogen-bond donors (Lipinski definition) is 2. The monoisotopic (exact) mass is 441 g/mol. The van der Waals surface area contributed by atoms with E-state index in [1.165, 1.54) is 11.3 Å². The van der Waals surface area contributed by atoms with E-state index < -0.39 is 23.9 Å². The lowest BCUT2D eigenvalue weighted by atomic mass is 10.1. The minimum Gasteiger partial charge on any atom is -0.325 e. The van der Waals surface area contributed by atoms with Crippen LogP contribution in [0.2, 0.25) is 5.02 Å². The van der Waals surface area contributed by atoms with E-state index in [2.05, 4.69) is 20.6 Å². The summed E-state index contributed by atoms with van der Waals surface area (Å²) in [5.41, 5.74) is 2.18. The molecule has 1 aliphatic heterocycles. The van der Waals surface area contributed by atoms with E-state index in [1.807, 2.05) is 6.07 Å². The number of carbonyl (C=O) groups excluding carboxylic acids is 3. The third-order valence-electron chi connectivity index (χ3n) is 4.49. The van der Waals surface area contributed by atoms with Crippen LogP contribution in [0.4, 0.5) is 9.93 Å². The van der Waals surface area contributed by atoms with E-state index in [9.17, 15) is 14.4 Å². The number of rotatable bonds is 6. The molecule has 1 fully saturated rings. The van der Waals surface area contributed by atoms with Gasteiger partial charge < -0.3 is 10.6 Å². The molecule has 8 nitrogen and oxygen atoms in total. The Labute approximate surface area is 180 Å². The Morgan fingerprint density at radius 3 is 2.83 bits per heavy atom. The SMILES string of the molecule is O=C(CC1NC(=O)N(Cc2ccccc2Cl)C1=O)Nc1nc(-c2cccnc2)cs1. The van der Waals surface area contributed by atoms with Crippen LogP contribution in [0, 0.1) is 0 Å². The molecule has 3 heterocycles. The Balaban J connectivity index is 1.37. The van der Waals surface area contributed by atoms with Crippen molar-refractivity contribution in [3.8, 4) is 11.3 Å². The molecular weight excluding hydrogens is 426 g/mol. The summed E-state index contributed by atoms with van der Waals surface area (Å²) in [6.45, 7) is 0.0450. The van der Waals surface area contributed by atoms with Crippen LogP contribution < -0.4 is 10.6 Å². The number of nitrogens with one attached hydrogen (secondary N) is 2. The number of pyridine rings is 1. The predicted molar refractivity (Wildman–Crippen MR) is 113 cm³/mol. The second-order valence-corrected chi connectivity index (χ2v) is 7.82. The molecule has 0 aliphatic carbocycles. The third kappa shape index (κ3) is 4.32. The van der Waals surface area contributed by atoms with Crippen LogP contribution in [0.25, 0.3) is 11.3 Å². The lowest BCUT2D eigenvalue weighted by molar-refractivity contribution is -0.130. The first-order chi connectivity index (χ1) is 14.5. The van der Waals surface area contributed by atoms with Gasteiger partial charge in [0.15, 0.2) is 5.13 Å². The minimum atomic E-state index is -0.933. The van der Waals surface area contributed by atoms with Gasteiger partial charge in [-0.15, -0.1) is 11.3 Å². The maximum atomic E-state index is 12.6. The van der Waals surface area contributed by atoms with Crippen molar-refractivity contribution in [1.29, 1.82) is 0 Å². The smallest absolute Gasteiger partial charge is 0.325 e. The maximum absolute atomic E-state index is 12.6. The molecule has 152 valence electrons. The van der Waals surface area contributed by atoms with Crippen LogP contribution in [0.3, 0.4) is 0 Å². The van der Waals surface area contributed by atoms with E-state index in [1.54, 1.807) is 48.1 Å². The second kappa shape index (κ2) is 8.60. The Morgan fingerprint density at radius 1 is 1.23 bits per heavy atom. The van der Waals surface area contributed by atoms with Crippen LogP contribution in [-0.2, 0) is 16.1 Å². The van der Waals surface area contributed by atoms with Gasteiger partial charge in [-0.1, -0.05) is 29.8 Å². The van der Waals surface area contributed by atoms with Crippen LogP contribution in [0.15, 0.2) is 54.2 Å². The highest BCUT2D eigenvalue weighted by molar-refractivity contribution is 7.14. The third-order valence-corrected chi connectivity index (χ3v) is 5.62. The summed E-state index contributed by atoms with van der Waals surface area (Å²) in [6.07, 6.45) is 3.16. The van der Waals surface area contributed by atoms with Gasteiger partial charge in [0.2, 0.25) is 5.91 Å². The van der Waals surface area contributed by atoms with Crippen LogP contribution >= 0.6 is 22.9 Å². The number of imide groups is 1. The quantitative estimate of drug-likeness (QED) is 0.571. The Hall–Kier alpha value is -3.30. The second-order valence-electron chi connectivity index (χ2n) is 6.55. The number of carbonyl (C=O) groups is 3. The normalized spacial score (nSPS) is 15.9. The average Bonchev–Trinajstić information content (AvgIpc) is 3.30. The number of anilines is 1. The molecule has 1 saturated heterocycles. The molecule has 0 radical (unpaired) electrons. The summed E-state index contributed by atoms with van der Waals surface area (Å²) in [6, 6.07) is 9.16. The standard InChI is InChI=1S/C20H16ClN5O3S/c21-14-6-2-1-4-13(14)10-26-18(28)15(24-20(26)29)8-17(27)25-19-23-16(11-30-19)12-5-3-7-22-9-12/h1-7,9,11,15H,8,10H2,(H,24,29)(H,23,25,27). The van der Waals surface area contributed by atoms with Crippen molar-refractivity contribution in [1.82, 2.24) is 20.2 Å². The number of hydrogen-bond acceptors (Lipinski definition) is 6. The van der Waals surface area contributed by atoms with Crippen LogP contribution in [0.1, 0.15) is 12.0 Å². The van der Waals surface area contributed by atoms with Crippen molar-refractivity contribution in [2.45, 2.75) is 19.0 Å². The van der Waals surface area contributed by atoms with Gasteiger partial charge in [-0.25, -0.2) is 9.78 Å². The predicted octanol–water partition coefficient (Wildman–Crippen LogP) is 3.31. The largest absolute Gasteiger partial charge is 0.325 e. The molecule has 2 aromatic heterocycles. The Morgan fingerprint density at radius 2 is 2.07 bits per heavy atom. The van der Waals surface area contributed by atoms with Crippen molar-refractivity contribution >= 4 is 45.9 Å². The van der Waals surface area contributed by atoms with E-state index in [-0.39, 0.29) is 13.0 Å². The van der Waals surface area contributed by atoms with Gasteiger partial charge in [-0.3, -0.25) is 19.5 Å². The molecule has 10 heteroatoms. The fourth-order valence-corrected chi connectivity index (χ4v) is 3.93. The molecule has 30 heavy (non-hydrogen) atoms. The van der Waals surface area contributed by atoms with Crippen LogP contribution in [0.5, 0.6) is 0 Å². The van der Waals surface area contributed by atoms with E-state index in [0.29, 0.717) is 21.4 Å². The van der Waals surface area contributed by atoms with Crippen molar-refractivity contribution in [3.63, 3.8) is 0 Å². The van der Waals surface area contributed by atoms with Gasteiger partial charge in [0.1, 0.15) is 6.04 Å². The molecule has 3 aromatic rings. The lowest BCUT2D eigenvalue weighted by Gasteiger charge is -2.14. The molecule has 2 N–H and O–H groups in total. The minimum absolute atomic E-state index is 0.0450. The highest BCUT2D eigenvalue weighted by atomic mass is 35.5. The van der Waals surface area contributed by atoms with Gasteiger partial charge >= 0.3 is 6.03 Å². The molecule has 0 spiro atoms. The number of thiazole rings is 1. The maximum Gasteiger partial charge on any atom is 0.325 e. The average molecular weight is 442 g/mol. The number of urea groups is 1. The zero-order valence-electron chi connectivity index (χ0n) is 15.5. The van der Waals surface area contributed by atoms with Crippen molar-refractivity contribution in [2.75, 3.05) is 5.32 Å². The topological polar surface area (TPSA) is 104 Å². The number of benzene rings is 1. The summed E-state index contributed by atoms with van der Waals surface area (Å²) in [7, 11) is 0. The highest BCUT2D eigenvalue weighted by Gasteiger charge is 2.39. The summed E-state index contributed by atoms with van der Waals surface area (Å²) in [5, 5.41) is 7.90. The van der Waals surface area contributed by atoms with Gasteiger partial charge in [-0.2, -0.15) is 0 Å². The lowest BCUT2D eigenvalue weighted by Crippen LogP contribution is -2.34. The number of halogens is 1. The van der Waals surface area contributed by atoms with E-state index >= 15 is 0 Å². The first kappa shape index (κ1) is 20.0. The molecule has 4 amide bonds. The number of amides is 4. The van der Waals surface area contributed by atoms with Crippen LogP contribution in [-0.4, -0.2) is 38.8 Å². The first-order valence-corrected chi connectivity index (χ1v) is 10.3. The number of aromatic nitrogens is 2. The molecule has 1 aromatic carbocycles. The molecule has 0 saturated carbocycles. The van der Waals surface area contributed by atoms with Crippen molar-refractivity contribution in [2.24, 2.45) is 0 Å². The molecule has 4 rings (SSSR count). The van der Waals surface area contributed by atoms with Gasteiger partial charge in [0.05, 0.1) is 18.7 Å². The fraction of sp³-hybridized carbons (Fsp3) is 0.150. The summed E-state index contributed by atoms with van der Waals surface area (Å²) < 4.78 is 0. The molecular formula is C20H16ClN5O3S. The Kier molecular flexibility index (Phi) is 5.73. The highest BCUT2D eigenvalue weighted by Crippen LogP contribution is 2.25. The molecule has 1 aliphatic rings. The fourth-order valence-electron chi connectivity index (χ4n) is 3.00. The molecule has 0 bridgehead atoms. The van der Waals surface area contributed by atoms with E-state index in [0.717, 1.165) is 10.5 Å².